The van der Waals surface area contributed by atoms with Gasteiger partial charge in [-0.05, 0) is 103 Å². The van der Waals surface area contributed by atoms with Gasteiger partial charge in [0, 0.05) is 29.3 Å². The molecule has 0 saturated carbocycles. The van der Waals surface area contributed by atoms with E-state index in [4.69, 9.17) is 11.6 Å². The predicted molar refractivity (Wildman–Crippen MR) is 211 cm³/mol. The van der Waals surface area contributed by atoms with Gasteiger partial charge in [-0.3, -0.25) is 0 Å². The van der Waals surface area contributed by atoms with E-state index < -0.39 is 0 Å². The maximum Gasteiger partial charge on any atom is 0.0967 e. The van der Waals surface area contributed by atoms with Crippen molar-refractivity contribution in [1.29, 1.82) is 0 Å². The zero-order chi connectivity index (χ0) is 31.9. The van der Waals surface area contributed by atoms with Crippen molar-refractivity contribution in [3.63, 3.8) is 0 Å². The average Bonchev–Trinajstić information content (AvgIpc) is 3.84. The molecule has 4 aromatic rings. The van der Waals surface area contributed by atoms with Gasteiger partial charge in [-0.1, -0.05) is 116 Å². The van der Waals surface area contributed by atoms with Crippen LogP contribution < -0.4 is 0 Å². The quantitative estimate of drug-likeness (QED) is 0.0676. The summed E-state index contributed by atoms with van der Waals surface area (Å²) in [5, 5.41) is 2.32. The van der Waals surface area contributed by atoms with E-state index in [0.29, 0.717) is 0 Å². The van der Waals surface area contributed by atoms with Gasteiger partial charge in [0.15, 0.2) is 0 Å². The van der Waals surface area contributed by atoms with Gasteiger partial charge in [0.25, 0.3) is 0 Å². The number of hydrogen-bond donors (Lipinski definition) is 0. The average molecular weight is 702 g/mol. The van der Waals surface area contributed by atoms with E-state index in [1.54, 1.807) is 16.7 Å². The van der Waals surface area contributed by atoms with Crippen LogP contribution in [0.1, 0.15) is 153 Å². The van der Waals surface area contributed by atoms with Crippen molar-refractivity contribution in [2.24, 2.45) is 0 Å². The molecule has 0 aliphatic rings. The SMILES string of the molecule is CCCCCCc1cc(-c2sc(-c3sc(-c4sccc4CCCCCC)cc3CCCCCC)cc2CCCCCC)sc1Cl. The zero-order valence-electron chi connectivity index (χ0n) is 28.5. The van der Waals surface area contributed by atoms with Gasteiger partial charge in [-0.15, -0.1) is 45.3 Å². The number of rotatable bonds is 23. The molecule has 0 spiro atoms. The second-order valence-electron chi connectivity index (χ2n) is 12.9. The highest BCUT2D eigenvalue weighted by atomic mass is 35.5. The zero-order valence-corrected chi connectivity index (χ0v) is 32.6. The molecule has 0 N–H and O–H groups in total. The molecule has 0 amide bonds. The van der Waals surface area contributed by atoms with Crippen molar-refractivity contribution in [3.8, 4) is 29.3 Å². The minimum atomic E-state index is 1.01. The largest absolute Gasteiger partial charge is 0.143 e. The monoisotopic (exact) mass is 700 g/mol. The second-order valence-corrected chi connectivity index (χ2v) is 17.5. The first-order chi connectivity index (χ1) is 22.1. The number of halogens is 1. The van der Waals surface area contributed by atoms with Crippen LogP contribution in [0.2, 0.25) is 4.34 Å². The Kier molecular flexibility index (Phi) is 16.8. The predicted octanol–water partition coefficient (Wildman–Crippen LogP) is 16.1. The highest BCUT2D eigenvalue weighted by molar-refractivity contribution is 7.29. The lowest BCUT2D eigenvalue weighted by Gasteiger charge is -2.02. The van der Waals surface area contributed by atoms with Crippen LogP contribution in [0.4, 0.5) is 0 Å². The van der Waals surface area contributed by atoms with Crippen molar-refractivity contribution < 1.29 is 0 Å². The Morgan fingerprint density at radius 3 is 1.33 bits per heavy atom. The molecule has 0 aromatic carbocycles. The Bertz CT molecular complexity index is 1380. The Labute approximate surface area is 296 Å². The third-order valence-corrected chi connectivity index (χ3v) is 14.3. The Hall–Kier alpha value is -0.910. The van der Waals surface area contributed by atoms with Crippen LogP contribution in [0.15, 0.2) is 29.6 Å². The summed E-state index contributed by atoms with van der Waals surface area (Å²) in [6, 6.07) is 9.98. The van der Waals surface area contributed by atoms with E-state index in [1.807, 2.05) is 34.0 Å². The molecule has 0 bridgehead atoms. The minimum absolute atomic E-state index is 1.01. The van der Waals surface area contributed by atoms with Gasteiger partial charge in [-0.2, -0.15) is 0 Å². The second kappa shape index (κ2) is 20.5. The highest BCUT2D eigenvalue weighted by Crippen LogP contribution is 2.49. The molecule has 45 heavy (non-hydrogen) atoms. The molecular formula is C40H57ClS4. The van der Waals surface area contributed by atoms with Crippen molar-refractivity contribution in [2.45, 2.75) is 156 Å². The van der Waals surface area contributed by atoms with E-state index in [9.17, 15) is 0 Å². The molecule has 4 aromatic heterocycles. The summed E-state index contributed by atoms with van der Waals surface area (Å²) in [6.45, 7) is 9.21. The molecule has 0 radical (unpaired) electrons. The smallest absolute Gasteiger partial charge is 0.0967 e. The van der Waals surface area contributed by atoms with Crippen LogP contribution >= 0.6 is 56.9 Å². The van der Waals surface area contributed by atoms with Crippen LogP contribution in [0, 0.1) is 0 Å². The molecule has 4 rings (SSSR count). The number of unbranched alkanes of at least 4 members (excludes halogenated alkanes) is 12. The third-order valence-electron chi connectivity index (χ3n) is 8.99. The molecule has 4 heterocycles. The number of thiophene rings is 4. The van der Waals surface area contributed by atoms with Crippen molar-refractivity contribution in [2.75, 3.05) is 0 Å². The molecule has 0 nitrogen and oxygen atoms in total. The lowest BCUT2D eigenvalue weighted by molar-refractivity contribution is 0.667. The third kappa shape index (κ3) is 11.1. The maximum atomic E-state index is 6.89. The maximum absolute atomic E-state index is 6.89. The lowest BCUT2D eigenvalue weighted by atomic mass is 10.0. The van der Waals surface area contributed by atoms with E-state index >= 15 is 0 Å². The van der Waals surface area contributed by atoms with E-state index in [-0.39, 0.29) is 0 Å². The van der Waals surface area contributed by atoms with Gasteiger partial charge in [0.1, 0.15) is 0 Å². The van der Waals surface area contributed by atoms with Crippen molar-refractivity contribution in [1.82, 2.24) is 0 Å². The summed E-state index contributed by atoms with van der Waals surface area (Å²) < 4.78 is 1.01. The van der Waals surface area contributed by atoms with E-state index in [0.717, 1.165) is 10.8 Å². The molecular weight excluding hydrogens is 644 g/mol. The molecule has 0 atom stereocenters. The van der Waals surface area contributed by atoms with Crippen LogP contribution in [0.5, 0.6) is 0 Å². The fourth-order valence-electron chi connectivity index (χ4n) is 6.28. The fraction of sp³-hybridized carbons (Fsp3) is 0.600. The number of aryl methyl sites for hydroxylation is 4. The molecule has 248 valence electrons. The van der Waals surface area contributed by atoms with Crippen LogP contribution in [-0.4, -0.2) is 0 Å². The van der Waals surface area contributed by atoms with Crippen molar-refractivity contribution in [3.05, 3.63) is 56.2 Å². The first-order valence-corrected chi connectivity index (χ1v) is 21.9. The molecule has 5 heteroatoms. The molecule has 0 aliphatic heterocycles. The molecule has 0 unspecified atom stereocenters. The fourth-order valence-corrected chi connectivity index (χ4v) is 11.4. The summed E-state index contributed by atoms with van der Waals surface area (Å²) >= 11 is 14.8. The van der Waals surface area contributed by atoms with Crippen LogP contribution in [0.3, 0.4) is 0 Å². The normalized spacial score (nSPS) is 11.7. The highest BCUT2D eigenvalue weighted by Gasteiger charge is 2.21. The Morgan fingerprint density at radius 2 is 0.844 bits per heavy atom. The first kappa shape index (κ1) is 36.9. The van der Waals surface area contributed by atoms with Crippen molar-refractivity contribution >= 4 is 56.9 Å². The van der Waals surface area contributed by atoms with Gasteiger partial charge in [-0.25, -0.2) is 0 Å². The first-order valence-electron chi connectivity index (χ1n) is 18.2. The number of hydrogen-bond acceptors (Lipinski definition) is 4. The van der Waals surface area contributed by atoms with Gasteiger partial charge < -0.3 is 0 Å². The molecule has 0 saturated heterocycles. The van der Waals surface area contributed by atoms with Gasteiger partial charge in [0.2, 0.25) is 0 Å². The summed E-state index contributed by atoms with van der Waals surface area (Å²) in [5.74, 6) is 0. The summed E-state index contributed by atoms with van der Waals surface area (Å²) in [6.07, 6.45) is 25.6. The van der Waals surface area contributed by atoms with E-state index in [2.05, 4.69) is 68.7 Å². The molecule has 0 aliphatic carbocycles. The Morgan fingerprint density at radius 1 is 0.444 bits per heavy atom. The molecule has 0 fully saturated rings. The van der Waals surface area contributed by atoms with Gasteiger partial charge in [0.05, 0.1) is 4.34 Å². The summed E-state index contributed by atoms with van der Waals surface area (Å²) in [7, 11) is 0. The lowest BCUT2D eigenvalue weighted by Crippen LogP contribution is -1.87. The minimum Gasteiger partial charge on any atom is -0.143 e. The topological polar surface area (TPSA) is 0 Å². The van der Waals surface area contributed by atoms with Gasteiger partial charge >= 0.3 is 0 Å². The standard InChI is InChI=1S/C40H57ClS4/c1-5-9-13-17-21-30-25-26-42-37(30)34-27-31(22-18-14-10-6-2)38(43-34)35-28-32(23-19-15-11-7-3)39(44-35)36-29-33(40(41)45-36)24-20-16-12-8-4/h25-29H,5-24H2,1-4H3. The summed E-state index contributed by atoms with van der Waals surface area (Å²) in [5.41, 5.74) is 6.03. The van der Waals surface area contributed by atoms with E-state index in [1.165, 1.54) is 157 Å². The summed E-state index contributed by atoms with van der Waals surface area (Å²) in [4.78, 5) is 8.89. The van der Waals surface area contributed by atoms with Crippen LogP contribution in [-0.2, 0) is 25.7 Å². The Balaban J connectivity index is 1.67. The van der Waals surface area contributed by atoms with Crippen LogP contribution in [0.25, 0.3) is 29.3 Å².